The molecule has 0 saturated heterocycles. The van der Waals surface area contributed by atoms with Gasteiger partial charge in [-0.3, -0.25) is 4.79 Å². The van der Waals surface area contributed by atoms with Crippen LogP contribution in [-0.2, 0) is 16.1 Å². The van der Waals surface area contributed by atoms with Crippen molar-refractivity contribution in [1.29, 1.82) is 0 Å². The number of anilines is 1. The minimum atomic E-state index is -0.751. The lowest BCUT2D eigenvalue weighted by atomic mass is 10.1. The van der Waals surface area contributed by atoms with E-state index in [1.54, 1.807) is 23.1 Å². The van der Waals surface area contributed by atoms with Crippen LogP contribution in [0.5, 0.6) is 0 Å². The Kier molecular flexibility index (Phi) is 5.64. The molecule has 2 amide bonds. The van der Waals surface area contributed by atoms with Crippen LogP contribution in [0.1, 0.15) is 15.7 Å². The first kappa shape index (κ1) is 18.6. The minimum Gasteiger partial charge on any atom is -0.445 e. The third-order valence-electron chi connectivity index (χ3n) is 4.29. The number of para-hydroxylation sites is 1. The van der Waals surface area contributed by atoms with Crippen molar-refractivity contribution in [3.05, 3.63) is 82.6 Å². The summed E-state index contributed by atoms with van der Waals surface area (Å²) >= 11 is 3.12. The molecular formula is C21H18N2O3S2. The lowest BCUT2D eigenvalue weighted by Crippen LogP contribution is -2.46. The number of thiophene rings is 1. The summed E-state index contributed by atoms with van der Waals surface area (Å²) in [5.74, 6) is -0.257. The number of thioether (sulfide) groups is 1. The smallest absolute Gasteiger partial charge is 0.408 e. The van der Waals surface area contributed by atoms with Gasteiger partial charge in [-0.05, 0) is 29.1 Å². The number of rotatable bonds is 4. The third-order valence-corrected chi connectivity index (χ3v) is 6.79. The summed E-state index contributed by atoms with van der Waals surface area (Å²) in [5.41, 5.74) is 1.64. The number of amides is 2. The summed E-state index contributed by atoms with van der Waals surface area (Å²) < 4.78 is 5.33. The van der Waals surface area contributed by atoms with Crippen LogP contribution in [0.2, 0.25) is 0 Å². The molecule has 4 rings (SSSR count). The number of alkyl carbamates (subject to hydrolysis) is 1. The highest BCUT2D eigenvalue weighted by molar-refractivity contribution is 8.00. The molecule has 142 valence electrons. The van der Waals surface area contributed by atoms with Crippen molar-refractivity contribution in [2.45, 2.75) is 22.8 Å². The fourth-order valence-corrected chi connectivity index (χ4v) is 5.19. The fraction of sp³-hybridized carbons (Fsp3) is 0.143. The summed E-state index contributed by atoms with van der Waals surface area (Å²) in [6.07, 6.45) is -0.614. The molecule has 2 atom stereocenters. The van der Waals surface area contributed by atoms with Gasteiger partial charge < -0.3 is 15.4 Å². The Morgan fingerprint density at radius 2 is 1.82 bits per heavy atom. The molecule has 3 aromatic rings. The molecule has 2 aromatic carbocycles. The van der Waals surface area contributed by atoms with Gasteiger partial charge in [0.15, 0.2) is 0 Å². The largest absolute Gasteiger partial charge is 0.445 e. The first-order valence-corrected chi connectivity index (χ1v) is 10.5. The summed E-state index contributed by atoms with van der Waals surface area (Å²) in [4.78, 5) is 27.3. The van der Waals surface area contributed by atoms with Crippen LogP contribution in [0.15, 0.2) is 77.0 Å². The molecule has 0 aliphatic carbocycles. The van der Waals surface area contributed by atoms with Gasteiger partial charge >= 0.3 is 6.09 Å². The molecule has 7 heteroatoms. The van der Waals surface area contributed by atoms with E-state index in [4.69, 9.17) is 4.74 Å². The molecule has 2 heterocycles. The summed E-state index contributed by atoms with van der Waals surface area (Å²) in [6, 6.07) is 20.3. The molecule has 0 bridgehead atoms. The molecule has 0 spiro atoms. The van der Waals surface area contributed by atoms with Crippen LogP contribution in [0.3, 0.4) is 0 Å². The van der Waals surface area contributed by atoms with E-state index >= 15 is 0 Å². The van der Waals surface area contributed by atoms with Gasteiger partial charge in [0, 0.05) is 9.77 Å². The highest BCUT2D eigenvalue weighted by Gasteiger charge is 2.36. The minimum absolute atomic E-state index is 0.151. The quantitative estimate of drug-likeness (QED) is 0.647. The van der Waals surface area contributed by atoms with Crippen LogP contribution >= 0.6 is 23.1 Å². The standard InChI is InChI=1S/C21H18N2O3S2/c24-20-18(23-21(25)26-13-14-7-2-1-3-8-14)19(17-11-6-12-27-17)28-16-10-5-4-9-15(16)22-20/h1-12,18-19H,13H2,(H,22,24)(H,23,25)/t18-,19-/m1/s1. The van der Waals surface area contributed by atoms with E-state index in [-0.39, 0.29) is 17.8 Å². The van der Waals surface area contributed by atoms with Gasteiger partial charge in [-0.1, -0.05) is 48.5 Å². The van der Waals surface area contributed by atoms with E-state index in [1.165, 1.54) is 0 Å². The van der Waals surface area contributed by atoms with Crippen LogP contribution in [-0.4, -0.2) is 18.0 Å². The number of nitrogens with one attached hydrogen (secondary N) is 2. The van der Waals surface area contributed by atoms with Gasteiger partial charge in [0.25, 0.3) is 0 Å². The maximum Gasteiger partial charge on any atom is 0.408 e. The van der Waals surface area contributed by atoms with Crippen molar-refractivity contribution in [3.63, 3.8) is 0 Å². The van der Waals surface area contributed by atoms with Gasteiger partial charge in [0.05, 0.1) is 10.9 Å². The predicted octanol–water partition coefficient (Wildman–Crippen LogP) is 4.83. The van der Waals surface area contributed by atoms with E-state index in [0.29, 0.717) is 0 Å². The Labute approximate surface area is 171 Å². The Hall–Kier alpha value is -2.77. The summed E-state index contributed by atoms with van der Waals surface area (Å²) in [5, 5.41) is 7.41. The second-order valence-electron chi connectivity index (χ2n) is 6.22. The third kappa shape index (κ3) is 4.21. The molecule has 0 saturated carbocycles. The zero-order chi connectivity index (χ0) is 19.3. The molecule has 0 unspecified atom stereocenters. The van der Waals surface area contributed by atoms with Crippen molar-refractivity contribution in [3.8, 4) is 0 Å². The van der Waals surface area contributed by atoms with Crippen molar-refractivity contribution >= 4 is 40.8 Å². The average molecular weight is 411 g/mol. The van der Waals surface area contributed by atoms with Crippen LogP contribution in [0.25, 0.3) is 0 Å². The van der Waals surface area contributed by atoms with Crippen LogP contribution < -0.4 is 10.6 Å². The molecule has 1 aliphatic heterocycles. The predicted molar refractivity (Wildman–Crippen MR) is 112 cm³/mol. The van der Waals surface area contributed by atoms with Crippen molar-refractivity contribution < 1.29 is 14.3 Å². The SMILES string of the molecule is O=C(N[C@H]1C(=O)Nc2ccccc2S[C@@H]1c1cccs1)OCc1ccccc1. The fourth-order valence-electron chi connectivity index (χ4n) is 2.93. The Morgan fingerprint density at radius 3 is 2.61 bits per heavy atom. The average Bonchev–Trinajstić information content (AvgIpc) is 3.21. The van der Waals surface area contributed by atoms with Crippen molar-refractivity contribution in [1.82, 2.24) is 5.32 Å². The Balaban J connectivity index is 1.53. The topological polar surface area (TPSA) is 67.4 Å². The van der Waals surface area contributed by atoms with Gasteiger partial charge in [-0.15, -0.1) is 23.1 Å². The maximum absolute atomic E-state index is 12.9. The molecule has 0 radical (unpaired) electrons. The zero-order valence-corrected chi connectivity index (χ0v) is 16.5. The van der Waals surface area contributed by atoms with E-state index in [9.17, 15) is 9.59 Å². The molecule has 2 N–H and O–H groups in total. The van der Waals surface area contributed by atoms with Gasteiger partial charge in [0.2, 0.25) is 5.91 Å². The second kappa shape index (κ2) is 8.50. The Bertz CT molecular complexity index is 961. The number of hydrogen-bond acceptors (Lipinski definition) is 5. The molecule has 28 heavy (non-hydrogen) atoms. The highest BCUT2D eigenvalue weighted by Crippen LogP contribution is 2.45. The highest BCUT2D eigenvalue weighted by atomic mass is 32.2. The first-order valence-electron chi connectivity index (χ1n) is 8.78. The van der Waals surface area contributed by atoms with E-state index in [1.807, 2.05) is 72.1 Å². The number of carbonyl (C=O) groups excluding carboxylic acids is 2. The van der Waals surface area contributed by atoms with Gasteiger partial charge in [0.1, 0.15) is 12.6 Å². The number of benzene rings is 2. The Morgan fingerprint density at radius 1 is 1.04 bits per heavy atom. The first-order chi connectivity index (χ1) is 13.7. The van der Waals surface area contributed by atoms with Crippen LogP contribution in [0, 0.1) is 0 Å². The van der Waals surface area contributed by atoms with E-state index < -0.39 is 12.1 Å². The molecule has 1 aromatic heterocycles. The summed E-state index contributed by atoms with van der Waals surface area (Å²) in [6.45, 7) is 0.151. The lowest BCUT2D eigenvalue weighted by Gasteiger charge is -2.23. The molecular weight excluding hydrogens is 392 g/mol. The monoisotopic (exact) mass is 410 g/mol. The van der Waals surface area contributed by atoms with Crippen LogP contribution in [0.4, 0.5) is 10.5 Å². The van der Waals surface area contributed by atoms with Gasteiger partial charge in [-0.25, -0.2) is 4.79 Å². The number of hydrogen-bond donors (Lipinski definition) is 2. The number of ether oxygens (including phenoxy) is 1. The van der Waals surface area contributed by atoms with E-state index in [0.717, 1.165) is 21.0 Å². The van der Waals surface area contributed by atoms with Crippen molar-refractivity contribution in [2.75, 3.05) is 5.32 Å². The zero-order valence-electron chi connectivity index (χ0n) is 14.8. The lowest BCUT2D eigenvalue weighted by molar-refractivity contribution is -0.118. The van der Waals surface area contributed by atoms with E-state index in [2.05, 4.69) is 10.6 Å². The number of fused-ring (bicyclic) bond motifs is 1. The molecule has 0 fully saturated rings. The van der Waals surface area contributed by atoms with Gasteiger partial charge in [-0.2, -0.15) is 0 Å². The molecule has 1 aliphatic rings. The molecule has 5 nitrogen and oxygen atoms in total. The summed E-state index contributed by atoms with van der Waals surface area (Å²) in [7, 11) is 0. The normalized spacial score (nSPS) is 18.5. The maximum atomic E-state index is 12.9. The number of carbonyl (C=O) groups is 2. The second-order valence-corrected chi connectivity index (χ2v) is 8.39. The van der Waals surface area contributed by atoms with Crippen molar-refractivity contribution in [2.24, 2.45) is 0 Å².